The van der Waals surface area contributed by atoms with Gasteiger partial charge in [0.2, 0.25) is 0 Å². The highest BCUT2D eigenvalue weighted by molar-refractivity contribution is 5.43. The largest absolute Gasteiger partial charge is 0.497 e. The number of fused-ring (bicyclic) bond motifs is 1. The molecule has 2 unspecified atom stereocenters. The lowest BCUT2D eigenvalue weighted by Gasteiger charge is -2.37. The van der Waals surface area contributed by atoms with Gasteiger partial charge in [0.25, 0.3) is 0 Å². The summed E-state index contributed by atoms with van der Waals surface area (Å²) in [4.78, 5) is 2.09. The van der Waals surface area contributed by atoms with Crippen LogP contribution in [0, 0.1) is 0 Å². The average Bonchev–Trinajstić information content (AvgIpc) is 2.47. The third-order valence-electron chi connectivity index (χ3n) is 3.51. The molecule has 0 fully saturated rings. The van der Waals surface area contributed by atoms with Crippen molar-refractivity contribution >= 4 is 0 Å². The number of methoxy groups -OCH3 is 1. The lowest BCUT2D eigenvalue weighted by Crippen LogP contribution is -2.46. The van der Waals surface area contributed by atoms with Crippen LogP contribution in [0.5, 0.6) is 11.5 Å². The highest BCUT2D eigenvalue weighted by Crippen LogP contribution is 2.36. The minimum atomic E-state index is -0.617. The van der Waals surface area contributed by atoms with Gasteiger partial charge in [0, 0.05) is 18.7 Å². The van der Waals surface area contributed by atoms with Crippen LogP contribution in [-0.4, -0.2) is 42.9 Å². The topological polar surface area (TPSA) is 41.9 Å². The maximum absolute atomic E-state index is 10.6. The van der Waals surface area contributed by atoms with Crippen molar-refractivity contribution < 1.29 is 14.6 Å². The van der Waals surface area contributed by atoms with Crippen molar-refractivity contribution in [3.8, 4) is 11.5 Å². The van der Waals surface area contributed by atoms with E-state index in [0.29, 0.717) is 31.2 Å². The second-order valence-corrected chi connectivity index (χ2v) is 4.76. The normalized spacial score (nSPS) is 20.9. The molecule has 0 aromatic heterocycles. The van der Waals surface area contributed by atoms with E-state index in [1.165, 1.54) is 0 Å². The summed E-state index contributed by atoms with van der Waals surface area (Å²) >= 11 is 0. The summed E-state index contributed by atoms with van der Waals surface area (Å²) < 4.78 is 11.0. The molecule has 1 heterocycles. The van der Waals surface area contributed by atoms with Gasteiger partial charge < -0.3 is 14.6 Å². The van der Waals surface area contributed by atoms with Gasteiger partial charge in [0.1, 0.15) is 24.2 Å². The van der Waals surface area contributed by atoms with E-state index in [2.05, 4.69) is 18.1 Å². The predicted octanol–water partition coefficient (Wildman–Crippen LogP) is 2.16. The molecule has 4 heteroatoms. The zero-order valence-corrected chi connectivity index (χ0v) is 11.8. The molecule has 108 valence electrons. The van der Waals surface area contributed by atoms with Gasteiger partial charge in [-0.25, -0.2) is 0 Å². The Balaban J connectivity index is 2.26. The van der Waals surface area contributed by atoms with Crippen molar-refractivity contribution in [3.63, 3.8) is 0 Å². The zero-order chi connectivity index (χ0) is 14.5. The molecule has 1 aliphatic heterocycles. The number of ether oxygens (including phenoxy) is 2. The molecule has 0 saturated heterocycles. The second kappa shape index (κ2) is 6.59. The zero-order valence-electron chi connectivity index (χ0n) is 11.8. The van der Waals surface area contributed by atoms with Gasteiger partial charge in [-0.05, 0) is 18.2 Å². The number of hydrogen-bond acceptors (Lipinski definition) is 4. The number of benzene rings is 1. The Bertz CT molecular complexity index is 477. The molecule has 4 nitrogen and oxygen atoms in total. The molecular weight excluding hydrogens is 254 g/mol. The molecule has 0 bridgehead atoms. The first-order valence-electron chi connectivity index (χ1n) is 6.66. The Morgan fingerprint density at radius 1 is 1.40 bits per heavy atom. The minimum absolute atomic E-state index is 0.120. The van der Waals surface area contributed by atoms with Crippen LogP contribution in [0.3, 0.4) is 0 Å². The Kier molecular flexibility index (Phi) is 4.82. The summed E-state index contributed by atoms with van der Waals surface area (Å²) in [6, 6.07) is 5.37. The van der Waals surface area contributed by atoms with Crippen LogP contribution in [0.15, 0.2) is 43.5 Å². The maximum Gasteiger partial charge on any atom is 0.125 e. The quantitative estimate of drug-likeness (QED) is 0.808. The summed E-state index contributed by atoms with van der Waals surface area (Å²) in [5.41, 5.74) is 0.763. The van der Waals surface area contributed by atoms with Crippen molar-refractivity contribution in [1.82, 2.24) is 4.90 Å². The van der Waals surface area contributed by atoms with Crippen molar-refractivity contribution in [1.29, 1.82) is 0 Å². The third kappa shape index (κ3) is 2.86. The van der Waals surface area contributed by atoms with Crippen LogP contribution >= 0.6 is 0 Å². The van der Waals surface area contributed by atoms with Crippen LogP contribution in [0.2, 0.25) is 0 Å². The summed E-state index contributed by atoms with van der Waals surface area (Å²) in [6.45, 7) is 9.31. The van der Waals surface area contributed by atoms with Gasteiger partial charge >= 0.3 is 0 Å². The number of aliphatic hydroxyl groups is 1. The minimum Gasteiger partial charge on any atom is -0.497 e. The van der Waals surface area contributed by atoms with E-state index in [9.17, 15) is 5.11 Å². The molecule has 1 aromatic rings. The summed E-state index contributed by atoms with van der Waals surface area (Å²) in [7, 11) is 1.61. The Labute approximate surface area is 119 Å². The smallest absolute Gasteiger partial charge is 0.125 e. The fourth-order valence-electron chi connectivity index (χ4n) is 2.47. The summed E-state index contributed by atoms with van der Waals surface area (Å²) in [6.07, 6.45) is 3.02. The molecule has 2 rings (SSSR count). The van der Waals surface area contributed by atoms with E-state index in [4.69, 9.17) is 9.47 Å². The third-order valence-corrected chi connectivity index (χ3v) is 3.51. The van der Waals surface area contributed by atoms with Gasteiger partial charge in [-0.2, -0.15) is 0 Å². The molecule has 0 spiro atoms. The Morgan fingerprint density at radius 3 is 2.70 bits per heavy atom. The van der Waals surface area contributed by atoms with Crippen LogP contribution < -0.4 is 9.47 Å². The lowest BCUT2D eigenvalue weighted by molar-refractivity contribution is 0.0133. The van der Waals surface area contributed by atoms with Crippen molar-refractivity contribution in [3.05, 3.63) is 49.1 Å². The fourth-order valence-corrected chi connectivity index (χ4v) is 2.47. The molecule has 0 saturated carbocycles. The average molecular weight is 275 g/mol. The van der Waals surface area contributed by atoms with Gasteiger partial charge in [-0.1, -0.05) is 12.2 Å². The van der Waals surface area contributed by atoms with Crippen molar-refractivity contribution in [2.45, 2.75) is 12.1 Å². The van der Waals surface area contributed by atoms with Crippen molar-refractivity contribution in [2.24, 2.45) is 0 Å². The molecule has 0 aliphatic carbocycles. The molecule has 2 atom stereocenters. The second-order valence-electron chi connectivity index (χ2n) is 4.76. The first-order chi connectivity index (χ1) is 9.71. The van der Waals surface area contributed by atoms with Crippen LogP contribution in [0.25, 0.3) is 0 Å². The number of nitrogens with zero attached hydrogens (tertiary/aromatic N) is 1. The summed E-state index contributed by atoms with van der Waals surface area (Å²) in [5, 5.41) is 10.6. The molecule has 1 aliphatic rings. The molecule has 0 amide bonds. The molecular formula is C16H21NO3. The van der Waals surface area contributed by atoms with Crippen LogP contribution in [0.1, 0.15) is 11.7 Å². The van der Waals surface area contributed by atoms with E-state index in [1.54, 1.807) is 7.11 Å². The Hall–Kier alpha value is -1.78. The Morgan fingerprint density at radius 2 is 2.10 bits per heavy atom. The maximum atomic E-state index is 10.6. The first-order valence-corrected chi connectivity index (χ1v) is 6.66. The van der Waals surface area contributed by atoms with Crippen LogP contribution in [-0.2, 0) is 0 Å². The number of aliphatic hydroxyl groups excluding tert-OH is 1. The monoisotopic (exact) mass is 275 g/mol. The molecule has 0 radical (unpaired) electrons. The highest BCUT2D eigenvalue weighted by atomic mass is 16.5. The fraction of sp³-hybridized carbons (Fsp3) is 0.375. The molecule has 1 N–H and O–H groups in total. The van der Waals surface area contributed by atoms with Gasteiger partial charge in [-0.3, -0.25) is 4.90 Å². The molecule has 1 aromatic carbocycles. The van der Waals surface area contributed by atoms with E-state index >= 15 is 0 Å². The van der Waals surface area contributed by atoms with E-state index < -0.39 is 6.10 Å². The van der Waals surface area contributed by atoms with E-state index in [1.807, 2.05) is 30.4 Å². The van der Waals surface area contributed by atoms with Gasteiger partial charge in [-0.15, -0.1) is 13.2 Å². The van der Waals surface area contributed by atoms with E-state index in [0.717, 1.165) is 5.56 Å². The highest BCUT2D eigenvalue weighted by Gasteiger charge is 2.33. The lowest BCUT2D eigenvalue weighted by atomic mass is 9.97. The number of hydrogen-bond donors (Lipinski definition) is 1. The number of rotatable bonds is 6. The molecule has 20 heavy (non-hydrogen) atoms. The first kappa shape index (κ1) is 14.6. The SMILES string of the molecule is C=CCN(CC=C)C1COc2ccc(OC)cc2C1O. The predicted molar refractivity (Wildman–Crippen MR) is 79.2 cm³/mol. The van der Waals surface area contributed by atoms with E-state index in [-0.39, 0.29) is 6.04 Å². The van der Waals surface area contributed by atoms with Gasteiger partial charge in [0.05, 0.1) is 13.2 Å². The standard InChI is InChI=1S/C16H21NO3/c1-4-8-17(9-5-2)14-11-20-15-7-6-12(19-3)10-13(15)16(14)18/h4-7,10,14,16,18H,1-2,8-9,11H2,3H3. The summed E-state index contributed by atoms with van der Waals surface area (Å²) in [5.74, 6) is 1.43. The van der Waals surface area contributed by atoms with Crippen molar-refractivity contribution in [2.75, 3.05) is 26.8 Å². The van der Waals surface area contributed by atoms with Gasteiger partial charge in [0.15, 0.2) is 0 Å². The van der Waals surface area contributed by atoms with Crippen LogP contribution in [0.4, 0.5) is 0 Å².